The predicted octanol–water partition coefficient (Wildman–Crippen LogP) is 4.04. The molecule has 0 bridgehead atoms. The number of aliphatic hydroxyl groups is 1. The molecule has 0 amide bonds. The average molecular weight is 249 g/mol. The molecular weight excluding hydrogens is 222 g/mol. The molecular formula is C16H27NO. The molecule has 0 heterocycles. The largest absolute Gasteiger partial charge is 0.388 e. The first-order valence-electron chi connectivity index (χ1n) is 7.53. The van der Waals surface area contributed by atoms with E-state index in [2.05, 4.69) is 26.8 Å². The minimum absolute atomic E-state index is 0.332. The van der Waals surface area contributed by atoms with E-state index in [1.807, 2.05) is 0 Å². The van der Waals surface area contributed by atoms with Crippen molar-refractivity contribution >= 4 is 0 Å². The Morgan fingerprint density at radius 3 is 2.28 bits per heavy atom. The highest BCUT2D eigenvalue weighted by molar-refractivity contribution is 5.17. The first-order chi connectivity index (χ1) is 8.39. The van der Waals surface area contributed by atoms with Gasteiger partial charge in [-0.1, -0.05) is 33.6 Å². The zero-order valence-corrected chi connectivity index (χ0v) is 12.1. The summed E-state index contributed by atoms with van der Waals surface area (Å²) >= 11 is 0. The van der Waals surface area contributed by atoms with Crippen LogP contribution < -0.4 is 0 Å². The van der Waals surface area contributed by atoms with E-state index < -0.39 is 11.0 Å². The molecule has 2 nitrogen and oxygen atoms in total. The molecule has 2 unspecified atom stereocenters. The van der Waals surface area contributed by atoms with Crippen LogP contribution in [-0.4, -0.2) is 10.7 Å². The molecule has 2 saturated carbocycles. The summed E-state index contributed by atoms with van der Waals surface area (Å²) in [6, 6.07) is 2.55. The van der Waals surface area contributed by atoms with E-state index in [1.165, 1.54) is 0 Å². The molecule has 0 spiro atoms. The predicted molar refractivity (Wildman–Crippen MR) is 72.9 cm³/mol. The fraction of sp³-hybridized carbons (Fsp3) is 0.938. The Morgan fingerprint density at radius 1 is 1.17 bits per heavy atom. The van der Waals surface area contributed by atoms with Crippen LogP contribution in [0.3, 0.4) is 0 Å². The highest BCUT2D eigenvalue weighted by Crippen LogP contribution is 2.57. The van der Waals surface area contributed by atoms with Crippen molar-refractivity contribution in [3.8, 4) is 6.07 Å². The van der Waals surface area contributed by atoms with Crippen molar-refractivity contribution in [1.29, 1.82) is 5.26 Å². The summed E-state index contributed by atoms with van der Waals surface area (Å²) in [6.07, 6.45) is 7.91. The van der Waals surface area contributed by atoms with Gasteiger partial charge >= 0.3 is 0 Å². The monoisotopic (exact) mass is 249 g/mol. The first-order valence-corrected chi connectivity index (χ1v) is 7.53. The van der Waals surface area contributed by atoms with E-state index in [9.17, 15) is 10.4 Å². The lowest BCUT2D eigenvalue weighted by Gasteiger charge is -2.49. The van der Waals surface area contributed by atoms with Crippen molar-refractivity contribution in [3.63, 3.8) is 0 Å². The van der Waals surface area contributed by atoms with Gasteiger partial charge in [-0.25, -0.2) is 0 Å². The molecule has 2 heteroatoms. The van der Waals surface area contributed by atoms with Gasteiger partial charge in [-0.2, -0.15) is 5.26 Å². The van der Waals surface area contributed by atoms with Crippen LogP contribution in [0.5, 0.6) is 0 Å². The molecule has 2 aliphatic carbocycles. The standard InChI is InChI=1S/C16H27NO/c1-4-13-6-5-7-16(13,18)15(12-17)10-8-14(2,3)9-11-15/h13,18H,4-11H2,1-3H3. The summed E-state index contributed by atoms with van der Waals surface area (Å²) in [7, 11) is 0. The van der Waals surface area contributed by atoms with Crippen LogP contribution in [0.4, 0.5) is 0 Å². The molecule has 102 valence electrons. The van der Waals surface area contributed by atoms with Crippen LogP contribution in [0, 0.1) is 28.1 Å². The zero-order chi connectivity index (χ0) is 13.4. The average Bonchev–Trinajstić information content (AvgIpc) is 2.72. The summed E-state index contributed by atoms with van der Waals surface area (Å²) in [5, 5.41) is 20.9. The van der Waals surface area contributed by atoms with Crippen molar-refractivity contribution < 1.29 is 5.11 Å². The Morgan fingerprint density at radius 2 is 1.78 bits per heavy atom. The lowest BCUT2D eigenvalue weighted by Crippen LogP contribution is -2.52. The third kappa shape index (κ3) is 1.97. The van der Waals surface area contributed by atoms with E-state index in [0.29, 0.717) is 11.3 Å². The summed E-state index contributed by atoms with van der Waals surface area (Å²) in [4.78, 5) is 0. The van der Waals surface area contributed by atoms with Crippen molar-refractivity contribution in [2.75, 3.05) is 0 Å². The molecule has 0 radical (unpaired) electrons. The van der Waals surface area contributed by atoms with Gasteiger partial charge in [0, 0.05) is 0 Å². The molecule has 2 aliphatic rings. The lowest BCUT2D eigenvalue weighted by molar-refractivity contribution is -0.111. The number of rotatable bonds is 2. The van der Waals surface area contributed by atoms with Crippen LogP contribution in [0.25, 0.3) is 0 Å². The maximum Gasteiger partial charge on any atom is 0.0863 e. The second-order valence-corrected chi connectivity index (χ2v) is 7.28. The highest BCUT2D eigenvalue weighted by atomic mass is 16.3. The first kappa shape index (κ1) is 13.9. The Kier molecular flexibility index (Phi) is 3.49. The van der Waals surface area contributed by atoms with E-state index in [1.54, 1.807) is 0 Å². The Bertz CT molecular complexity index is 345. The van der Waals surface area contributed by atoms with Crippen molar-refractivity contribution in [2.24, 2.45) is 16.7 Å². The Hall–Kier alpha value is -0.550. The van der Waals surface area contributed by atoms with Gasteiger partial charge in [0.05, 0.1) is 17.1 Å². The zero-order valence-electron chi connectivity index (χ0n) is 12.1. The van der Waals surface area contributed by atoms with Crippen LogP contribution >= 0.6 is 0 Å². The van der Waals surface area contributed by atoms with Crippen molar-refractivity contribution in [1.82, 2.24) is 0 Å². The van der Waals surface area contributed by atoms with Gasteiger partial charge in [0.25, 0.3) is 0 Å². The molecule has 1 N–H and O–H groups in total. The molecule has 2 atom stereocenters. The summed E-state index contributed by atoms with van der Waals surface area (Å²) < 4.78 is 0. The molecule has 0 aromatic rings. The van der Waals surface area contributed by atoms with Crippen molar-refractivity contribution in [2.45, 2.75) is 77.7 Å². The summed E-state index contributed by atoms with van der Waals surface area (Å²) in [5.74, 6) is 0.332. The second-order valence-electron chi connectivity index (χ2n) is 7.28. The molecule has 0 aliphatic heterocycles. The quantitative estimate of drug-likeness (QED) is 0.802. The van der Waals surface area contributed by atoms with Crippen LogP contribution in [-0.2, 0) is 0 Å². The van der Waals surface area contributed by atoms with E-state index in [0.717, 1.165) is 51.4 Å². The lowest BCUT2D eigenvalue weighted by atomic mass is 9.56. The third-order valence-corrected chi connectivity index (χ3v) is 5.78. The van der Waals surface area contributed by atoms with Gasteiger partial charge in [0.2, 0.25) is 0 Å². The van der Waals surface area contributed by atoms with Gasteiger partial charge in [-0.15, -0.1) is 0 Å². The fourth-order valence-corrected chi connectivity index (χ4v) is 4.23. The van der Waals surface area contributed by atoms with E-state index >= 15 is 0 Å². The molecule has 18 heavy (non-hydrogen) atoms. The number of hydrogen-bond donors (Lipinski definition) is 1. The number of nitrogens with zero attached hydrogens (tertiary/aromatic N) is 1. The molecule has 2 fully saturated rings. The minimum Gasteiger partial charge on any atom is -0.388 e. The Balaban J connectivity index is 2.26. The maximum absolute atomic E-state index is 11.2. The van der Waals surface area contributed by atoms with Crippen LogP contribution in [0.2, 0.25) is 0 Å². The summed E-state index contributed by atoms with van der Waals surface area (Å²) in [5.41, 5.74) is -0.844. The maximum atomic E-state index is 11.2. The Labute approximate surface area is 111 Å². The van der Waals surface area contributed by atoms with Crippen LogP contribution in [0.1, 0.15) is 72.1 Å². The topological polar surface area (TPSA) is 44.0 Å². The van der Waals surface area contributed by atoms with Gasteiger partial charge < -0.3 is 5.11 Å². The van der Waals surface area contributed by atoms with Crippen LogP contribution in [0.15, 0.2) is 0 Å². The second kappa shape index (κ2) is 4.53. The van der Waals surface area contributed by atoms with Gasteiger partial charge in [-0.3, -0.25) is 0 Å². The SMILES string of the molecule is CCC1CCCC1(O)C1(C#N)CCC(C)(C)CC1. The highest BCUT2D eigenvalue weighted by Gasteiger charge is 2.58. The van der Waals surface area contributed by atoms with Gasteiger partial charge in [-0.05, 0) is 49.9 Å². The van der Waals surface area contributed by atoms with Gasteiger partial charge in [0.1, 0.15) is 0 Å². The molecule has 0 saturated heterocycles. The van der Waals surface area contributed by atoms with E-state index in [4.69, 9.17) is 0 Å². The molecule has 2 rings (SSSR count). The van der Waals surface area contributed by atoms with E-state index in [-0.39, 0.29) is 0 Å². The smallest absolute Gasteiger partial charge is 0.0863 e. The third-order valence-electron chi connectivity index (χ3n) is 5.78. The normalized spacial score (nSPS) is 38.3. The molecule has 0 aromatic carbocycles. The van der Waals surface area contributed by atoms with Crippen molar-refractivity contribution in [3.05, 3.63) is 0 Å². The summed E-state index contributed by atoms with van der Waals surface area (Å²) in [6.45, 7) is 6.72. The fourth-order valence-electron chi connectivity index (χ4n) is 4.23. The number of hydrogen-bond acceptors (Lipinski definition) is 2. The molecule has 0 aromatic heterocycles. The minimum atomic E-state index is -0.715. The number of nitriles is 1. The van der Waals surface area contributed by atoms with Gasteiger partial charge in [0.15, 0.2) is 0 Å².